The Balaban J connectivity index is 2.27. The highest BCUT2D eigenvalue weighted by Crippen LogP contribution is 2.25. The highest BCUT2D eigenvalue weighted by atomic mass is 16.2. The lowest BCUT2D eigenvalue weighted by molar-refractivity contribution is -0.118. The van der Waals surface area contributed by atoms with Crippen LogP contribution >= 0.6 is 0 Å². The molecule has 80 valence electrons. The van der Waals surface area contributed by atoms with Crippen LogP contribution in [0.5, 0.6) is 0 Å². The maximum Gasteiger partial charge on any atom is 0.244 e. The summed E-state index contributed by atoms with van der Waals surface area (Å²) < 4.78 is 0. The molecule has 1 saturated heterocycles. The minimum atomic E-state index is -0.0276. The summed E-state index contributed by atoms with van der Waals surface area (Å²) in [6, 6.07) is 10.1. The van der Waals surface area contributed by atoms with Crippen LogP contribution in [0.15, 0.2) is 30.3 Å². The van der Waals surface area contributed by atoms with E-state index >= 15 is 0 Å². The Hall–Kier alpha value is -1.35. The van der Waals surface area contributed by atoms with Crippen molar-refractivity contribution in [2.45, 2.75) is 25.4 Å². The fourth-order valence-corrected chi connectivity index (χ4v) is 2.14. The molecule has 1 aliphatic rings. The minimum Gasteiger partial charge on any atom is -0.309 e. The smallest absolute Gasteiger partial charge is 0.244 e. The van der Waals surface area contributed by atoms with Gasteiger partial charge in [-0.15, -0.1) is 0 Å². The number of hydrogen-bond acceptors (Lipinski definition) is 2. The van der Waals surface area contributed by atoms with E-state index in [9.17, 15) is 4.79 Å². The van der Waals surface area contributed by atoms with Crippen molar-refractivity contribution in [1.82, 2.24) is 5.32 Å². The zero-order valence-electron chi connectivity index (χ0n) is 9.10. The number of likely N-dealkylation sites (N-methyl/N-ethyl adjacent to an activating group) is 1. The molecule has 1 heterocycles. The van der Waals surface area contributed by atoms with Gasteiger partial charge in [0.25, 0.3) is 0 Å². The van der Waals surface area contributed by atoms with E-state index in [2.05, 4.69) is 12.2 Å². The first kappa shape index (κ1) is 10.2. The fraction of sp³-hybridized carbons (Fsp3) is 0.417. The Morgan fingerprint density at radius 3 is 2.53 bits per heavy atom. The molecular formula is C12H16N2O. The molecule has 0 spiro atoms. The predicted octanol–water partition coefficient (Wildman–Crippen LogP) is 1.40. The van der Waals surface area contributed by atoms with Gasteiger partial charge in [-0.2, -0.15) is 0 Å². The van der Waals surface area contributed by atoms with Crippen LogP contribution in [0.3, 0.4) is 0 Å². The van der Waals surface area contributed by atoms with Crippen LogP contribution < -0.4 is 10.2 Å². The third kappa shape index (κ3) is 1.75. The van der Waals surface area contributed by atoms with Crippen LogP contribution in [-0.2, 0) is 4.79 Å². The Morgan fingerprint density at radius 1 is 1.33 bits per heavy atom. The number of carbonyl (C=O) groups excluding carboxylic acids is 1. The third-order valence-corrected chi connectivity index (χ3v) is 2.94. The van der Waals surface area contributed by atoms with E-state index in [0.29, 0.717) is 0 Å². The Bertz CT molecular complexity index is 350. The van der Waals surface area contributed by atoms with Gasteiger partial charge in [-0.1, -0.05) is 18.2 Å². The minimum absolute atomic E-state index is 0.0276. The molecule has 1 aromatic carbocycles. The van der Waals surface area contributed by atoms with Crippen molar-refractivity contribution < 1.29 is 4.79 Å². The SMILES string of the molecule is CNC1CC(C)N(c2ccccc2)C1=O. The quantitative estimate of drug-likeness (QED) is 0.789. The first-order chi connectivity index (χ1) is 7.24. The monoisotopic (exact) mass is 204 g/mol. The van der Waals surface area contributed by atoms with Crippen LogP contribution in [-0.4, -0.2) is 25.0 Å². The van der Waals surface area contributed by atoms with Crippen molar-refractivity contribution in [3.8, 4) is 0 Å². The lowest BCUT2D eigenvalue weighted by Crippen LogP contribution is -2.37. The molecule has 1 aliphatic heterocycles. The van der Waals surface area contributed by atoms with Gasteiger partial charge in [0.15, 0.2) is 0 Å². The molecule has 15 heavy (non-hydrogen) atoms. The number of rotatable bonds is 2. The maximum absolute atomic E-state index is 12.0. The summed E-state index contributed by atoms with van der Waals surface area (Å²) in [5, 5.41) is 3.05. The Morgan fingerprint density at radius 2 is 2.00 bits per heavy atom. The van der Waals surface area contributed by atoms with E-state index in [0.717, 1.165) is 12.1 Å². The molecule has 1 N–H and O–H groups in total. The largest absolute Gasteiger partial charge is 0.309 e. The normalized spacial score (nSPS) is 26.0. The molecule has 0 aromatic heterocycles. The Labute approximate surface area is 90.1 Å². The molecule has 0 bridgehead atoms. The molecule has 0 radical (unpaired) electrons. The second kappa shape index (κ2) is 4.03. The molecule has 2 atom stereocenters. The standard InChI is InChI=1S/C12H16N2O/c1-9-8-11(13-2)12(15)14(9)10-6-4-3-5-7-10/h3-7,9,11,13H,8H2,1-2H3. The summed E-state index contributed by atoms with van der Waals surface area (Å²) in [7, 11) is 1.84. The number of nitrogens with zero attached hydrogens (tertiary/aromatic N) is 1. The van der Waals surface area contributed by atoms with E-state index in [1.807, 2.05) is 42.3 Å². The second-order valence-corrected chi connectivity index (χ2v) is 3.97. The molecule has 1 amide bonds. The van der Waals surface area contributed by atoms with Crippen molar-refractivity contribution in [2.75, 3.05) is 11.9 Å². The van der Waals surface area contributed by atoms with Crippen molar-refractivity contribution in [3.05, 3.63) is 30.3 Å². The highest BCUT2D eigenvalue weighted by molar-refractivity contribution is 6.00. The average Bonchev–Trinajstić information content (AvgIpc) is 2.55. The Kier molecular flexibility index (Phi) is 2.73. The maximum atomic E-state index is 12.0. The molecule has 3 nitrogen and oxygen atoms in total. The van der Waals surface area contributed by atoms with E-state index < -0.39 is 0 Å². The third-order valence-electron chi connectivity index (χ3n) is 2.94. The number of para-hydroxylation sites is 1. The van der Waals surface area contributed by atoms with Gasteiger partial charge in [-0.3, -0.25) is 4.79 Å². The molecule has 0 saturated carbocycles. The fourth-order valence-electron chi connectivity index (χ4n) is 2.14. The molecule has 0 aliphatic carbocycles. The number of hydrogen-bond donors (Lipinski definition) is 1. The van der Waals surface area contributed by atoms with Gasteiger partial charge in [0.1, 0.15) is 0 Å². The summed E-state index contributed by atoms with van der Waals surface area (Å²) in [5.74, 6) is 0.177. The van der Waals surface area contributed by atoms with Crippen LogP contribution in [0, 0.1) is 0 Å². The molecule has 2 unspecified atom stereocenters. The number of carbonyl (C=O) groups is 1. The molecule has 3 heteroatoms. The van der Waals surface area contributed by atoms with E-state index in [1.165, 1.54) is 0 Å². The van der Waals surface area contributed by atoms with Crippen molar-refractivity contribution in [3.63, 3.8) is 0 Å². The highest BCUT2D eigenvalue weighted by Gasteiger charge is 2.36. The second-order valence-electron chi connectivity index (χ2n) is 3.97. The first-order valence-electron chi connectivity index (χ1n) is 5.29. The van der Waals surface area contributed by atoms with Gasteiger partial charge in [0, 0.05) is 11.7 Å². The van der Waals surface area contributed by atoms with Gasteiger partial charge < -0.3 is 10.2 Å². The van der Waals surface area contributed by atoms with Gasteiger partial charge in [0.2, 0.25) is 5.91 Å². The van der Waals surface area contributed by atoms with Crippen molar-refractivity contribution in [2.24, 2.45) is 0 Å². The van der Waals surface area contributed by atoms with Crippen LogP contribution in [0.1, 0.15) is 13.3 Å². The topological polar surface area (TPSA) is 32.3 Å². The molecule has 2 rings (SSSR count). The number of amides is 1. The summed E-state index contributed by atoms with van der Waals surface area (Å²) in [6.07, 6.45) is 0.879. The van der Waals surface area contributed by atoms with Gasteiger partial charge in [-0.25, -0.2) is 0 Å². The van der Waals surface area contributed by atoms with E-state index in [-0.39, 0.29) is 18.0 Å². The van der Waals surface area contributed by atoms with E-state index in [4.69, 9.17) is 0 Å². The van der Waals surface area contributed by atoms with Gasteiger partial charge in [-0.05, 0) is 32.5 Å². The van der Waals surface area contributed by atoms with Crippen molar-refractivity contribution in [1.29, 1.82) is 0 Å². The first-order valence-corrected chi connectivity index (χ1v) is 5.29. The molecule has 1 aromatic rings. The predicted molar refractivity (Wildman–Crippen MR) is 60.9 cm³/mol. The number of anilines is 1. The summed E-state index contributed by atoms with van der Waals surface area (Å²) in [4.78, 5) is 13.9. The summed E-state index contributed by atoms with van der Waals surface area (Å²) in [5.41, 5.74) is 0.993. The summed E-state index contributed by atoms with van der Waals surface area (Å²) in [6.45, 7) is 2.09. The van der Waals surface area contributed by atoms with Crippen LogP contribution in [0.4, 0.5) is 5.69 Å². The number of nitrogens with one attached hydrogen (secondary N) is 1. The van der Waals surface area contributed by atoms with Crippen molar-refractivity contribution >= 4 is 11.6 Å². The molecular weight excluding hydrogens is 188 g/mol. The number of benzene rings is 1. The molecule has 1 fully saturated rings. The lowest BCUT2D eigenvalue weighted by Gasteiger charge is -2.21. The zero-order valence-corrected chi connectivity index (χ0v) is 9.10. The van der Waals surface area contributed by atoms with E-state index in [1.54, 1.807) is 0 Å². The van der Waals surface area contributed by atoms with Gasteiger partial charge >= 0.3 is 0 Å². The lowest BCUT2D eigenvalue weighted by atomic mass is 10.2. The van der Waals surface area contributed by atoms with Crippen LogP contribution in [0.2, 0.25) is 0 Å². The average molecular weight is 204 g/mol. The van der Waals surface area contributed by atoms with Gasteiger partial charge in [0.05, 0.1) is 6.04 Å². The van der Waals surface area contributed by atoms with Crippen LogP contribution in [0.25, 0.3) is 0 Å². The summed E-state index contributed by atoms with van der Waals surface area (Å²) >= 11 is 0. The zero-order chi connectivity index (χ0) is 10.8.